The van der Waals surface area contributed by atoms with E-state index in [1.54, 1.807) is 6.92 Å². The Morgan fingerprint density at radius 3 is 2.32 bits per heavy atom. The average Bonchev–Trinajstić information content (AvgIpc) is 2.37. The largest absolute Gasteiger partial charge is 0.480 e. The van der Waals surface area contributed by atoms with Crippen LogP contribution in [0.4, 0.5) is 17.6 Å². The molecule has 0 amide bonds. The van der Waals surface area contributed by atoms with Crippen molar-refractivity contribution in [2.45, 2.75) is 31.7 Å². The zero-order valence-electron chi connectivity index (χ0n) is 10.1. The number of nitrogens with two attached hydrogens (primary N) is 1. The minimum Gasteiger partial charge on any atom is -0.480 e. The van der Waals surface area contributed by atoms with Crippen LogP contribution in [0.5, 0.6) is 0 Å². The van der Waals surface area contributed by atoms with Crippen molar-refractivity contribution in [1.82, 2.24) is 0 Å². The number of rotatable bonds is 5. The van der Waals surface area contributed by atoms with Gasteiger partial charge in [0, 0.05) is 0 Å². The number of benzene rings is 1. The van der Waals surface area contributed by atoms with Crippen molar-refractivity contribution >= 4 is 5.97 Å². The van der Waals surface area contributed by atoms with E-state index in [-0.39, 0.29) is 12.8 Å². The molecule has 1 aromatic carbocycles. The fourth-order valence-corrected chi connectivity index (χ4v) is 1.81. The zero-order chi connectivity index (χ0) is 14.7. The minimum atomic E-state index is -1.91. The van der Waals surface area contributed by atoms with E-state index in [4.69, 9.17) is 10.8 Å². The summed E-state index contributed by atoms with van der Waals surface area (Å²) >= 11 is 0. The zero-order valence-corrected chi connectivity index (χ0v) is 10.1. The van der Waals surface area contributed by atoms with Crippen LogP contribution in [0, 0.1) is 23.3 Å². The summed E-state index contributed by atoms with van der Waals surface area (Å²) in [4.78, 5) is 10.6. The Labute approximate surface area is 107 Å². The third kappa shape index (κ3) is 3.23. The van der Waals surface area contributed by atoms with E-state index in [0.717, 1.165) is 0 Å². The number of hydrogen-bond acceptors (Lipinski definition) is 2. The third-order valence-corrected chi connectivity index (χ3v) is 2.92. The van der Waals surface area contributed by atoms with E-state index in [1.807, 2.05) is 0 Å². The molecule has 0 bridgehead atoms. The number of aliphatic carboxylic acids is 1. The van der Waals surface area contributed by atoms with E-state index in [0.29, 0.717) is 6.07 Å². The van der Waals surface area contributed by atoms with Crippen molar-refractivity contribution in [1.29, 1.82) is 0 Å². The van der Waals surface area contributed by atoms with E-state index in [2.05, 4.69) is 0 Å². The SMILES string of the molecule is CCC(CC(N)C(=O)O)c1cc(F)c(F)c(F)c1F. The molecular weight excluding hydrogens is 266 g/mol. The molecule has 0 aliphatic carbocycles. The fraction of sp³-hybridized carbons (Fsp3) is 0.417. The standard InChI is InChI=1S/C12H13F4NO2/c1-2-5(3-8(17)12(18)19)6-4-7(13)10(15)11(16)9(6)14/h4-5,8H,2-3,17H2,1H3,(H,18,19). The summed E-state index contributed by atoms with van der Waals surface area (Å²) in [5.41, 5.74) is 4.90. The molecule has 0 heterocycles. The van der Waals surface area contributed by atoms with Crippen molar-refractivity contribution in [3.05, 3.63) is 34.9 Å². The molecule has 7 heteroatoms. The van der Waals surface area contributed by atoms with Gasteiger partial charge in [-0.25, -0.2) is 17.6 Å². The van der Waals surface area contributed by atoms with E-state index >= 15 is 0 Å². The Balaban J connectivity index is 3.15. The van der Waals surface area contributed by atoms with Gasteiger partial charge < -0.3 is 10.8 Å². The molecule has 2 atom stereocenters. The number of carboxylic acid groups (broad SMARTS) is 1. The molecule has 106 valence electrons. The monoisotopic (exact) mass is 279 g/mol. The molecule has 0 saturated heterocycles. The molecule has 0 radical (unpaired) electrons. The van der Waals surface area contributed by atoms with E-state index in [1.165, 1.54) is 0 Å². The second-order valence-electron chi connectivity index (χ2n) is 4.18. The smallest absolute Gasteiger partial charge is 0.320 e. The highest BCUT2D eigenvalue weighted by molar-refractivity contribution is 5.73. The van der Waals surface area contributed by atoms with Gasteiger partial charge in [0.15, 0.2) is 23.3 Å². The van der Waals surface area contributed by atoms with Crippen molar-refractivity contribution in [3.63, 3.8) is 0 Å². The van der Waals surface area contributed by atoms with Crippen LogP contribution in [0.15, 0.2) is 6.07 Å². The maximum Gasteiger partial charge on any atom is 0.320 e. The van der Waals surface area contributed by atoms with Crippen molar-refractivity contribution in [2.75, 3.05) is 0 Å². The second kappa shape index (κ2) is 6.01. The maximum absolute atomic E-state index is 13.6. The predicted molar refractivity (Wildman–Crippen MR) is 59.5 cm³/mol. The molecule has 2 unspecified atom stereocenters. The van der Waals surface area contributed by atoms with Crippen LogP contribution in [0.1, 0.15) is 31.2 Å². The van der Waals surface area contributed by atoms with Crippen LogP contribution >= 0.6 is 0 Å². The summed E-state index contributed by atoms with van der Waals surface area (Å²) in [6.07, 6.45) is 0.00960. The molecule has 0 aromatic heterocycles. The summed E-state index contributed by atoms with van der Waals surface area (Å²) in [6, 6.07) is -0.753. The lowest BCUT2D eigenvalue weighted by atomic mass is 9.89. The first-order valence-corrected chi connectivity index (χ1v) is 5.60. The van der Waals surface area contributed by atoms with Gasteiger partial charge >= 0.3 is 5.97 Å². The molecule has 0 aliphatic rings. The molecule has 0 spiro atoms. The summed E-state index contributed by atoms with van der Waals surface area (Å²) in [7, 11) is 0. The lowest BCUT2D eigenvalue weighted by Gasteiger charge is -2.19. The quantitative estimate of drug-likeness (QED) is 0.494. The number of carbonyl (C=O) groups is 1. The van der Waals surface area contributed by atoms with Gasteiger partial charge in [0.25, 0.3) is 0 Å². The molecule has 1 aromatic rings. The third-order valence-electron chi connectivity index (χ3n) is 2.92. The normalized spacial score (nSPS) is 14.2. The van der Waals surface area contributed by atoms with Crippen molar-refractivity contribution < 1.29 is 27.5 Å². The van der Waals surface area contributed by atoms with Gasteiger partial charge in [-0.2, -0.15) is 0 Å². The number of carboxylic acids is 1. The lowest BCUT2D eigenvalue weighted by molar-refractivity contribution is -0.138. The van der Waals surface area contributed by atoms with Crippen LogP contribution in [-0.2, 0) is 4.79 Å². The lowest BCUT2D eigenvalue weighted by Crippen LogP contribution is -2.32. The first kappa shape index (κ1) is 15.4. The van der Waals surface area contributed by atoms with Crippen LogP contribution in [0.25, 0.3) is 0 Å². The summed E-state index contributed by atoms with van der Waals surface area (Å²) in [5, 5.41) is 8.67. The van der Waals surface area contributed by atoms with Gasteiger partial charge in [0.1, 0.15) is 6.04 Å². The Hall–Kier alpha value is -1.63. The Morgan fingerprint density at radius 2 is 1.84 bits per heavy atom. The highest BCUT2D eigenvalue weighted by Crippen LogP contribution is 2.30. The van der Waals surface area contributed by atoms with Crippen LogP contribution in [0.2, 0.25) is 0 Å². The molecule has 0 saturated carbocycles. The van der Waals surface area contributed by atoms with Crippen molar-refractivity contribution in [2.24, 2.45) is 5.73 Å². The first-order valence-electron chi connectivity index (χ1n) is 5.60. The molecule has 0 fully saturated rings. The maximum atomic E-state index is 13.6. The average molecular weight is 279 g/mol. The summed E-state index contributed by atoms with van der Waals surface area (Å²) < 4.78 is 52.6. The Morgan fingerprint density at radius 1 is 1.26 bits per heavy atom. The minimum absolute atomic E-state index is 0.201. The molecular formula is C12H13F4NO2. The van der Waals surface area contributed by atoms with Crippen LogP contribution in [-0.4, -0.2) is 17.1 Å². The summed E-state index contributed by atoms with van der Waals surface area (Å²) in [6.45, 7) is 1.58. The van der Waals surface area contributed by atoms with Gasteiger partial charge in [0.05, 0.1) is 0 Å². The topological polar surface area (TPSA) is 63.3 Å². The van der Waals surface area contributed by atoms with Crippen molar-refractivity contribution in [3.8, 4) is 0 Å². The van der Waals surface area contributed by atoms with Gasteiger partial charge in [-0.15, -0.1) is 0 Å². The molecule has 3 N–H and O–H groups in total. The Kier molecular flexibility index (Phi) is 4.88. The van der Waals surface area contributed by atoms with Gasteiger partial charge in [0.2, 0.25) is 0 Å². The highest BCUT2D eigenvalue weighted by Gasteiger charge is 2.26. The number of hydrogen-bond donors (Lipinski definition) is 2. The van der Waals surface area contributed by atoms with E-state index in [9.17, 15) is 22.4 Å². The summed E-state index contributed by atoms with van der Waals surface area (Å²) in [5.74, 6) is -8.94. The van der Waals surface area contributed by atoms with Crippen LogP contribution < -0.4 is 5.73 Å². The fourth-order valence-electron chi connectivity index (χ4n) is 1.81. The molecule has 0 aliphatic heterocycles. The molecule has 3 nitrogen and oxygen atoms in total. The molecule has 19 heavy (non-hydrogen) atoms. The van der Waals surface area contributed by atoms with Gasteiger partial charge in [-0.3, -0.25) is 4.79 Å². The molecule has 1 rings (SSSR count). The predicted octanol–water partition coefficient (Wildman–Crippen LogP) is 2.54. The van der Waals surface area contributed by atoms with E-state index < -0.39 is 46.8 Å². The number of halogens is 4. The Bertz CT molecular complexity index is 493. The first-order chi connectivity index (χ1) is 8.79. The second-order valence-corrected chi connectivity index (χ2v) is 4.18. The van der Waals surface area contributed by atoms with Crippen LogP contribution in [0.3, 0.4) is 0 Å². The van der Waals surface area contributed by atoms with Gasteiger partial charge in [-0.05, 0) is 30.4 Å². The van der Waals surface area contributed by atoms with Gasteiger partial charge in [-0.1, -0.05) is 6.92 Å². The highest BCUT2D eigenvalue weighted by atomic mass is 19.2.